The number of carboxylic acids is 1. The van der Waals surface area contributed by atoms with Crippen LogP contribution >= 0.6 is 0 Å². The zero-order chi connectivity index (χ0) is 9.30. The van der Waals surface area contributed by atoms with E-state index in [9.17, 15) is 4.79 Å². The maximum Gasteiger partial charge on any atom is 0.328 e. The zero-order valence-electron chi connectivity index (χ0n) is 6.21. The van der Waals surface area contributed by atoms with Gasteiger partial charge in [0.2, 0.25) is 0 Å². The fourth-order valence-electron chi connectivity index (χ4n) is 1.22. The van der Waals surface area contributed by atoms with Crippen LogP contribution in [0.25, 0.3) is 0 Å². The SMILES string of the molecule is O=C(O)/C=C1\C[C@H](O)[C@@H](O)[C@H]1O. The smallest absolute Gasteiger partial charge is 0.328 e. The van der Waals surface area contributed by atoms with Gasteiger partial charge in [0.25, 0.3) is 0 Å². The molecule has 0 aliphatic heterocycles. The summed E-state index contributed by atoms with van der Waals surface area (Å²) in [6.45, 7) is 0. The highest BCUT2D eigenvalue weighted by atomic mass is 16.4. The van der Waals surface area contributed by atoms with Gasteiger partial charge in [0, 0.05) is 12.5 Å². The molecule has 0 heterocycles. The summed E-state index contributed by atoms with van der Waals surface area (Å²) in [7, 11) is 0. The highest BCUT2D eigenvalue weighted by molar-refractivity contribution is 5.81. The van der Waals surface area contributed by atoms with Gasteiger partial charge in [0.15, 0.2) is 0 Å². The second kappa shape index (κ2) is 3.22. The van der Waals surface area contributed by atoms with Gasteiger partial charge in [0.05, 0.1) is 6.10 Å². The monoisotopic (exact) mass is 174 g/mol. The van der Waals surface area contributed by atoms with Crippen molar-refractivity contribution >= 4 is 5.97 Å². The van der Waals surface area contributed by atoms with E-state index < -0.39 is 24.3 Å². The molecule has 1 rings (SSSR count). The van der Waals surface area contributed by atoms with Gasteiger partial charge in [-0.25, -0.2) is 4.79 Å². The first-order valence-electron chi connectivity index (χ1n) is 3.50. The van der Waals surface area contributed by atoms with Crippen LogP contribution in [0.2, 0.25) is 0 Å². The first-order chi connectivity index (χ1) is 5.52. The van der Waals surface area contributed by atoms with E-state index in [0.717, 1.165) is 6.08 Å². The second-order valence-electron chi connectivity index (χ2n) is 2.76. The average molecular weight is 174 g/mol. The van der Waals surface area contributed by atoms with E-state index in [1.54, 1.807) is 0 Å². The lowest BCUT2D eigenvalue weighted by Gasteiger charge is -2.09. The molecule has 5 heteroatoms. The van der Waals surface area contributed by atoms with Crippen LogP contribution in [0.15, 0.2) is 11.6 Å². The predicted octanol–water partition coefficient (Wildman–Crippen LogP) is -1.52. The number of carboxylic acid groups (broad SMARTS) is 1. The number of hydrogen-bond acceptors (Lipinski definition) is 4. The first-order valence-corrected chi connectivity index (χ1v) is 3.50. The van der Waals surface area contributed by atoms with E-state index in [0.29, 0.717) is 0 Å². The molecule has 0 spiro atoms. The van der Waals surface area contributed by atoms with Crippen LogP contribution in [0.1, 0.15) is 6.42 Å². The number of rotatable bonds is 1. The third-order valence-corrected chi connectivity index (χ3v) is 1.85. The molecule has 1 aliphatic rings. The third kappa shape index (κ3) is 1.63. The molecule has 4 N–H and O–H groups in total. The molecule has 1 saturated carbocycles. The number of aliphatic carboxylic acids is 1. The minimum atomic E-state index is -1.27. The average Bonchev–Trinajstić information content (AvgIpc) is 2.17. The highest BCUT2D eigenvalue weighted by Crippen LogP contribution is 2.25. The molecular formula is C7H10O5. The topological polar surface area (TPSA) is 98.0 Å². The first kappa shape index (κ1) is 9.18. The summed E-state index contributed by atoms with van der Waals surface area (Å²) in [4.78, 5) is 10.2. The number of aliphatic hydroxyl groups is 3. The van der Waals surface area contributed by atoms with E-state index in [2.05, 4.69) is 0 Å². The maximum atomic E-state index is 10.2. The number of aliphatic hydroxyl groups excluding tert-OH is 3. The Kier molecular flexibility index (Phi) is 2.46. The van der Waals surface area contributed by atoms with Crippen molar-refractivity contribution in [3.63, 3.8) is 0 Å². The molecule has 68 valence electrons. The van der Waals surface area contributed by atoms with Crippen LogP contribution in [0.3, 0.4) is 0 Å². The van der Waals surface area contributed by atoms with Crippen LogP contribution in [0.4, 0.5) is 0 Å². The lowest BCUT2D eigenvalue weighted by atomic mass is 10.2. The Labute approximate surface area is 68.6 Å². The zero-order valence-corrected chi connectivity index (χ0v) is 6.21. The summed E-state index contributed by atoms with van der Waals surface area (Å²) in [5, 5.41) is 35.5. The van der Waals surface area contributed by atoms with Crippen LogP contribution in [-0.2, 0) is 4.79 Å². The summed E-state index contributed by atoms with van der Waals surface area (Å²) in [5.74, 6) is -1.19. The van der Waals surface area contributed by atoms with Gasteiger partial charge in [-0.2, -0.15) is 0 Å². The standard InChI is InChI=1S/C7H10O5/c8-4-1-3(2-5(9)10)6(11)7(4)12/h2,4,6-8,11-12H,1H2,(H,9,10)/b3-2+/t4-,6-,7+/m0/s1. The molecule has 0 unspecified atom stereocenters. The molecule has 12 heavy (non-hydrogen) atoms. The maximum absolute atomic E-state index is 10.2. The lowest BCUT2D eigenvalue weighted by molar-refractivity contribution is -0.131. The highest BCUT2D eigenvalue weighted by Gasteiger charge is 2.36. The molecule has 1 fully saturated rings. The number of hydrogen-bond donors (Lipinski definition) is 4. The Morgan fingerprint density at radius 1 is 1.42 bits per heavy atom. The molecule has 0 aromatic heterocycles. The van der Waals surface area contributed by atoms with Gasteiger partial charge in [0.1, 0.15) is 12.2 Å². The van der Waals surface area contributed by atoms with Gasteiger partial charge < -0.3 is 20.4 Å². The summed E-state index contributed by atoms with van der Waals surface area (Å²) in [6, 6.07) is 0. The Bertz CT molecular complexity index is 222. The largest absolute Gasteiger partial charge is 0.478 e. The summed E-state index contributed by atoms with van der Waals surface area (Å²) < 4.78 is 0. The predicted molar refractivity (Wildman–Crippen MR) is 38.4 cm³/mol. The van der Waals surface area contributed by atoms with Gasteiger partial charge >= 0.3 is 5.97 Å². The fourth-order valence-corrected chi connectivity index (χ4v) is 1.22. The Balaban J connectivity index is 2.77. The molecule has 3 atom stereocenters. The van der Waals surface area contributed by atoms with Gasteiger partial charge in [-0.15, -0.1) is 0 Å². The minimum Gasteiger partial charge on any atom is -0.478 e. The quantitative estimate of drug-likeness (QED) is 0.362. The summed E-state index contributed by atoms with van der Waals surface area (Å²) in [6.07, 6.45) is -2.77. The molecule has 0 aromatic rings. The molecule has 0 aromatic carbocycles. The van der Waals surface area contributed by atoms with Crippen molar-refractivity contribution in [2.24, 2.45) is 0 Å². The van der Waals surface area contributed by atoms with Gasteiger partial charge in [-0.3, -0.25) is 0 Å². The van der Waals surface area contributed by atoms with E-state index in [1.807, 2.05) is 0 Å². The van der Waals surface area contributed by atoms with Crippen molar-refractivity contribution in [2.75, 3.05) is 0 Å². The molecule has 0 amide bonds. The Morgan fingerprint density at radius 2 is 2.00 bits per heavy atom. The van der Waals surface area contributed by atoms with Crippen LogP contribution in [-0.4, -0.2) is 44.7 Å². The van der Waals surface area contributed by atoms with Crippen molar-refractivity contribution < 1.29 is 25.2 Å². The van der Waals surface area contributed by atoms with Gasteiger partial charge in [-0.1, -0.05) is 0 Å². The van der Waals surface area contributed by atoms with E-state index in [4.69, 9.17) is 20.4 Å². The molecule has 0 radical (unpaired) electrons. The van der Waals surface area contributed by atoms with Crippen molar-refractivity contribution in [3.05, 3.63) is 11.6 Å². The normalized spacial score (nSPS) is 38.9. The molecule has 1 aliphatic carbocycles. The lowest BCUT2D eigenvalue weighted by Crippen LogP contribution is -2.28. The second-order valence-corrected chi connectivity index (χ2v) is 2.76. The van der Waals surface area contributed by atoms with E-state index in [-0.39, 0.29) is 12.0 Å². The molecule has 0 bridgehead atoms. The fraction of sp³-hybridized carbons (Fsp3) is 0.571. The summed E-state index contributed by atoms with van der Waals surface area (Å²) >= 11 is 0. The minimum absolute atomic E-state index is 0.00856. The van der Waals surface area contributed by atoms with E-state index >= 15 is 0 Å². The Morgan fingerprint density at radius 3 is 2.33 bits per heavy atom. The van der Waals surface area contributed by atoms with E-state index in [1.165, 1.54) is 0 Å². The number of carbonyl (C=O) groups is 1. The summed E-state index contributed by atoms with van der Waals surface area (Å²) in [5.41, 5.74) is 0.155. The third-order valence-electron chi connectivity index (χ3n) is 1.85. The van der Waals surface area contributed by atoms with Crippen LogP contribution in [0.5, 0.6) is 0 Å². The molecule has 0 saturated heterocycles. The van der Waals surface area contributed by atoms with Crippen molar-refractivity contribution in [3.8, 4) is 0 Å². The van der Waals surface area contributed by atoms with Gasteiger partial charge in [-0.05, 0) is 5.57 Å². The van der Waals surface area contributed by atoms with Crippen LogP contribution in [0, 0.1) is 0 Å². The van der Waals surface area contributed by atoms with Crippen molar-refractivity contribution in [1.82, 2.24) is 0 Å². The van der Waals surface area contributed by atoms with Crippen molar-refractivity contribution in [1.29, 1.82) is 0 Å². The molecular weight excluding hydrogens is 164 g/mol. The molecule has 5 nitrogen and oxygen atoms in total. The van der Waals surface area contributed by atoms with Crippen molar-refractivity contribution in [2.45, 2.75) is 24.7 Å². The Hall–Kier alpha value is -0.910. The van der Waals surface area contributed by atoms with Crippen LogP contribution < -0.4 is 0 Å².